The van der Waals surface area contributed by atoms with Gasteiger partial charge in [-0.25, -0.2) is 9.97 Å². The van der Waals surface area contributed by atoms with Gasteiger partial charge in [0.05, 0.1) is 11.6 Å². The number of nitriles is 1. The summed E-state index contributed by atoms with van der Waals surface area (Å²) in [5.41, 5.74) is 1.77. The van der Waals surface area contributed by atoms with Gasteiger partial charge in [-0.3, -0.25) is 4.79 Å². The van der Waals surface area contributed by atoms with E-state index in [0.717, 1.165) is 31.6 Å². The molecule has 0 aliphatic carbocycles. The van der Waals surface area contributed by atoms with E-state index in [1.165, 1.54) is 6.33 Å². The van der Waals surface area contributed by atoms with Gasteiger partial charge in [-0.1, -0.05) is 13.8 Å². The first-order valence-electron chi connectivity index (χ1n) is 8.06. The van der Waals surface area contributed by atoms with Crippen molar-refractivity contribution in [3.63, 3.8) is 0 Å². The van der Waals surface area contributed by atoms with Gasteiger partial charge < -0.3 is 10.2 Å². The van der Waals surface area contributed by atoms with Crippen molar-refractivity contribution < 1.29 is 4.79 Å². The van der Waals surface area contributed by atoms with Crippen LogP contribution in [0.25, 0.3) is 0 Å². The lowest BCUT2D eigenvalue weighted by Crippen LogP contribution is -2.33. The Morgan fingerprint density at radius 2 is 1.83 bits per heavy atom. The summed E-state index contributed by atoms with van der Waals surface area (Å²) in [6.45, 7) is 5.53. The van der Waals surface area contributed by atoms with E-state index in [4.69, 9.17) is 5.26 Å². The molecule has 0 spiro atoms. The van der Waals surface area contributed by atoms with Crippen LogP contribution in [0.2, 0.25) is 0 Å². The first kappa shape index (κ1) is 17.4. The maximum absolute atomic E-state index is 12.6. The summed E-state index contributed by atoms with van der Waals surface area (Å²) >= 11 is 0. The number of nitrogens with one attached hydrogen (secondary N) is 1. The fraction of sp³-hybridized carbons (Fsp3) is 0.333. The largest absolute Gasteiger partial charge is 0.340 e. The highest BCUT2D eigenvalue weighted by Crippen LogP contribution is 2.16. The Bertz CT molecular complexity index is 715. The van der Waals surface area contributed by atoms with E-state index in [-0.39, 0.29) is 5.91 Å². The molecule has 0 saturated carbocycles. The summed E-state index contributed by atoms with van der Waals surface area (Å²) < 4.78 is 0. The number of benzene rings is 1. The Kier molecular flexibility index (Phi) is 6.26. The van der Waals surface area contributed by atoms with Gasteiger partial charge in [0.1, 0.15) is 17.8 Å². The predicted molar refractivity (Wildman–Crippen MR) is 93.0 cm³/mol. The Morgan fingerprint density at radius 3 is 2.42 bits per heavy atom. The molecule has 1 heterocycles. The Labute approximate surface area is 142 Å². The van der Waals surface area contributed by atoms with Gasteiger partial charge in [-0.15, -0.1) is 0 Å². The third kappa shape index (κ3) is 4.53. The van der Waals surface area contributed by atoms with Crippen molar-refractivity contribution in [3.8, 4) is 6.07 Å². The molecule has 1 amide bonds. The minimum Gasteiger partial charge on any atom is -0.340 e. The van der Waals surface area contributed by atoms with Gasteiger partial charge >= 0.3 is 0 Å². The molecule has 2 aromatic rings. The summed E-state index contributed by atoms with van der Waals surface area (Å²) in [4.78, 5) is 22.7. The van der Waals surface area contributed by atoms with Crippen molar-refractivity contribution in [1.29, 1.82) is 5.26 Å². The lowest BCUT2D eigenvalue weighted by Gasteiger charge is -2.21. The number of anilines is 2. The molecule has 0 atom stereocenters. The highest BCUT2D eigenvalue weighted by Gasteiger charge is 2.16. The molecule has 0 radical (unpaired) electrons. The van der Waals surface area contributed by atoms with Crippen LogP contribution in [0.4, 0.5) is 11.5 Å². The van der Waals surface area contributed by atoms with Crippen molar-refractivity contribution in [2.45, 2.75) is 26.7 Å². The van der Waals surface area contributed by atoms with Crippen LogP contribution in [0.5, 0.6) is 0 Å². The zero-order valence-electron chi connectivity index (χ0n) is 14.0. The molecule has 1 aromatic heterocycles. The topological polar surface area (TPSA) is 81.9 Å². The van der Waals surface area contributed by atoms with Crippen LogP contribution in [0, 0.1) is 11.3 Å². The quantitative estimate of drug-likeness (QED) is 0.845. The number of hydrogen-bond acceptors (Lipinski definition) is 5. The molecule has 6 nitrogen and oxygen atoms in total. The molecule has 0 aliphatic heterocycles. The van der Waals surface area contributed by atoms with E-state index in [1.54, 1.807) is 30.3 Å². The van der Waals surface area contributed by atoms with Crippen molar-refractivity contribution in [1.82, 2.24) is 14.9 Å². The highest BCUT2D eigenvalue weighted by molar-refractivity contribution is 5.93. The van der Waals surface area contributed by atoms with E-state index in [2.05, 4.69) is 21.4 Å². The predicted octanol–water partition coefficient (Wildman–Crippen LogP) is 3.35. The average molecular weight is 323 g/mol. The van der Waals surface area contributed by atoms with Crippen LogP contribution in [0.3, 0.4) is 0 Å². The van der Waals surface area contributed by atoms with Crippen molar-refractivity contribution in [2.24, 2.45) is 0 Å². The zero-order chi connectivity index (χ0) is 17.4. The molecule has 1 aromatic carbocycles. The van der Waals surface area contributed by atoms with Crippen LogP contribution >= 0.6 is 0 Å². The van der Waals surface area contributed by atoms with E-state index in [0.29, 0.717) is 17.1 Å². The van der Waals surface area contributed by atoms with E-state index >= 15 is 0 Å². The van der Waals surface area contributed by atoms with E-state index in [1.807, 2.05) is 18.7 Å². The Hall–Kier alpha value is -2.94. The monoisotopic (exact) mass is 323 g/mol. The van der Waals surface area contributed by atoms with Crippen molar-refractivity contribution in [3.05, 3.63) is 47.9 Å². The highest BCUT2D eigenvalue weighted by atomic mass is 16.2. The number of rotatable bonds is 7. The second kappa shape index (κ2) is 8.63. The SMILES string of the molecule is CCCN(CCC)C(=O)c1cc(Nc2ccc(C#N)cc2)ncn1. The molecule has 0 bridgehead atoms. The molecule has 1 N–H and O–H groups in total. The third-order valence-electron chi connectivity index (χ3n) is 3.45. The number of hydrogen-bond donors (Lipinski definition) is 1. The molecule has 0 fully saturated rings. The first-order valence-corrected chi connectivity index (χ1v) is 8.06. The van der Waals surface area contributed by atoms with E-state index in [9.17, 15) is 4.79 Å². The van der Waals surface area contributed by atoms with Crippen molar-refractivity contribution in [2.75, 3.05) is 18.4 Å². The molecule has 0 saturated heterocycles. The van der Waals surface area contributed by atoms with Crippen molar-refractivity contribution >= 4 is 17.4 Å². The minimum absolute atomic E-state index is 0.0796. The molecular weight excluding hydrogens is 302 g/mol. The standard InChI is InChI=1S/C18H21N5O/c1-3-9-23(10-4-2)18(24)16-11-17(21-13-20-16)22-15-7-5-14(12-19)6-8-15/h5-8,11,13H,3-4,9-10H2,1-2H3,(H,20,21,22). The van der Waals surface area contributed by atoms with Gasteiger partial charge in [0, 0.05) is 24.8 Å². The summed E-state index contributed by atoms with van der Waals surface area (Å²) in [5, 5.41) is 11.9. The number of carbonyl (C=O) groups excluding carboxylic acids is 1. The van der Waals surface area contributed by atoms with Crippen LogP contribution in [-0.4, -0.2) is 33.9 Å². The Morgan fingerprint density at radius 1 is 1.17 bits per heavy atom. The lowest BCUT2D eigenvalue weighted by molar-refractivity contribution is 0.0749. The fourth-order valence-electron chi connectivity index (χ4n) is 2.34. The average Bonchev–Trinajstić information content (AvgIpc) is 2.62. The number of amides is 1. The van der Waals surface area contributed by atoms with Gasteiger partial charge in [0.15, 0.2) is 0 Å². The molecule has 24 heavy (non-hydrogen) atoms. The van der Waals surface area contributed by atoms with E-state index < -0.39 is 0 Å². The van der Waals surface area contributed by atoms with Crippen LogP contribution in [0.15, 0.2) is 36.7 Å². The molecule has 0 unspecified atom stereocenters. The molecule has 6 heteroatoms. The fourth-order valence-corrected chi connectivity index (χ4v) is 2.34. The lowest BCUT2D eigenvalue weighted by atomic mass is 10.2. The van der Waals surface area contributed by atoms with Crippen LogP contribution in [0.1, 0.15) is 42.7 Å². The molecular formula is C18H21N5O. The summed E-state index contributed by atoms with van der Waals surface area (Å²) in [6, 6.07) is 10.8. The van der Waals surface area contributed by atoms with Gasteiger partial charge in [0.25, 0.3) is 5.91 Å². The van der Waals surface area contributed by atoms with Gasteiger partial charge in [-0.05, 0) is 37.1 Å². The number of aromatic nitrogens is 2. The smallest absolute Gasteiger partial charge is 0.272 e. The molecule has 2 rings (SSSR count). The number of nitrogens with zero attached hydrogens (tertiary/aromatic N) is 4. The zero-order valence-corrected chi connectivity index (χ0v) is 14.0. The van der Waals surface area contributed by atoms with Gasteiger partial charge in [0.2, 0.25) is 0 Å². The Balaban J connectivity index is 2.15. The first-order chi connectivity index (χ1) is 11.7. The maximum Gasteiger partial charge on any atom is 0.272 e. The van der Waals surface area contributed by atoms with Crippen LogP contribution < -0.4 is 5.32 Å². The summed E-state index contributed by atoms with van der Waals surface area (Å²) in [7, 11) is 0. The van der Waals surface area contributed by atoms with Gasteiger partial charge in [-0.2, -0.15) is 5.26 Å². The minimum atomic E-state index is -0.0796. The third-order valence-corrected chi connectivity index (χ3v) is 3.45. The second-order valence-corrected chi connectivity index (χ2v) is 5.39. The second-order valence-electron chi connectivity index (χ2n) is 5.39. The normalized spacial score (nSPS) is 10.0. The maximum atomic E-state index is 12.6. The number of carbonyl (C=O) groups is 1. The van der Waals surface area contributed by atoms with Crippen LogP contribution in [-0.2, 0) is 0 Å². The molecule has 0 aliphatic rings. The summed E-state index contributed by atoms with van der Waals surface area (Å²) in [5.74, 6) is 0.468. The molecule has 124 valence electrons. The summed E-state index contributed by atoms with van der Waals surface area (Å²) in [6.07, 6.45) is 3.20.